The molecule has 0 saturated heterocycles. The van der Waals surface area contributed by atoms with Crippen LogP contribution in [0.25, 0.3) is 0 Å². The Hall–Kier alpha value is -1.38. The Morgan fingerprint density at radius 2 is 2.00 bits per heavy atom. The molecule has 112 valence electrons. The van der Waals surface area contributed by atoms with Crippen LogP contribution in [0.4, 0.5) is 4.39 Å². The number of rotatable bonds is 8. The van der Waals surface area contributed by atoms with E-state index in [1.165, 1.54) is 0 Å². The zero-order valence-electron chi connectivity index (χ0n) is 13.0. The lowest BCUT2D eigenvalue weighted by Crippen LogP contribution is -2.06. The Bertz CT molecular complexity index is 453. The van der Waals surface area contributed by atoms with Crippen LogP contribution in [0.2, 0.25) is 0 Å². The topological polar surface area (TPSA) is 26.3 Å². The molecule has 0 saturated carbocycles. The molecule has 0 fully saturated rings. The Kier molecular flexibility index (Phi) is 6.69. The van der Waals surface area contributed by atoms with Gasteiger partial charge in [-0.1, -0.05) is 19.9 Å². The molecule has 0 radical (unpaired) electrons. The third-order valence-electron chi connectivity index (χ3n) is 3.32. The fourth-order valence-electron chi connectivity index (χ4n) is 2.15. The average Bonchev–Trinajstić information content (AvgIpc) is 2.39. The summed E-state index contributed by atoms with van der Waals surface area (Å²) >= 11 is 0. The number of hydrogen-bond acceptors (Lipinski definition) is 2. The maximum atomic E-state index is 14.2. The number of unbranched alkanes of at least 4 members (excludes halogenated alkanes) is 1. The highest BCUT2D eigenvalue weighted by molar-refractivity contribution is 5.80. The van der Waals surface area contributed by atoms with Crippen LogP contribution in [0.3, 0.4) is 0 Å². The molecule has 0 atom stereocenters. The molecule has 1 aromatic carbocycles. The van der Waals surface area contributed by atoms with Gasteiger partial charge in [-0.25, -0.2) is 4.39 Å². The van der Waals surface area contributed by atoms with Gasteiger partial charge in [0.15, 0.2) is 11.6 Å². The number of halogens is 1. The Balaban J connectivity index is 2.57. The molecule has 0 bridgehead atoms. The fourth-order valence-corrected chi connectivity index (χ4v) is 2.15. The maximum Gasteiger partial charge on any atom is 0.168 e. The van der Waals surface area contributed by atoms with Crippen LogP contribution >= 0.6 is 0 Å². The molecule has 0 aromatic heterocycles. The van der Waals surface area contributed by atoms with Gasteiger partial charge in [0.25, 0.3) is 0 Å². The first kappa shape index (κ1) is 16.7. The normalized spacial score (nSPS) is 10.9. The van der Waals surface area contributed by atoms with Crippen LogP contribution < -0.4 is 4.74 Å². The smallest absolute Gasteiger partial charge is 0.168 e. The van der Waals surface area contributed by atoms with E-state index in [-0.39, 0.29) is 17.5 Å². The summed E-state index contributed by atoms with van der Waals surface area (Å²) in [6.07, 6.45) is 2.88. The molecular weight excluding hydrogens is 255 g/mol. The second-order valence-corrected chi connectivity index (χ2v) is 5.50. The lowest BCUT2D eigenvalue weighted by atomic mass is 10.00. The number of carbonyl (C=O) groups is 1. The van der Waals surface area contributed by atoms with Crippen LogP contribution in [0.1, 0.15) is 51.2 Å². The molecule has 20 heavy (non-hydrogen) atoms. The van der Waals surface area contributed by atoms with E-state index in [1.54, 1.807) is 6.07 Å². The van der Waals surface area contributed by atoms with E-state index in [0.717, 1.165) is 18.4 Å². The standard InChI is InChI=1S/C17H25FO2/c1-5-20-16-11-13(4)10-14(17(16)18)8-6-7-9-15(19)12(2)3/h10-12H,5-9H2,1-4H3. The molecule has 0 heterocycles. The zero-order valence-corrected chi connectivity index (χ0v) is 13.0. The first-order valence-electron chi connectivity index (χ1n) is 7.40. The zero-order chi connectivity index (χ0) is 15.1. The van der Waals surface area contributed by atoms with Crippen molar-refractivity contribution in [3.63, 3.8) is 0 Å². The highest BCUT2D eigenvalue weighted by Gasteiger charge is 2.11. The minimum absolute atomic E-state index is 0.0928. The van der Waals surface area contributed by atoms with Gasteiger partial charge in [0.1, 0.15) is 5.78 Å². The van der Waals surface area contributed by atoms with Crippen molar-refractivity contribution >= 4 is 5.78 Å². The maximum absolute atomic E-state index is 14.2. The minimum atomic E-state index is -0.257. The van der Waals surface area contributed by atoms with Gasteiger partial charge < -0.3 is 4.74 Å². The van der Waals surface area contributed by atoms with Gasteiger partial charge in [-0.3, -0.25) is 4.79 Å². The third-order valence-corrected chi connectivity index (χ3v) is 3.32. The van der Waals surface area contributed by atoms with E-state index in [4.69, 9.17) is 4.74 Å². The molecule has 0 N–H and O–H groups in total. The van der Waals surface area contributed by atoms with E-state index in [0.29, 0.717) is 30.8 Å². The number of aryl methyl sites for hydroxylation is 2. The van der Waals surface area contributed by atoms with E-state index < -0.39 is 0 Å². The van der Waals surface area contributed by atoms with E-state index >= 15 is 0 Å². The summed E-state index contributed by atoms with van der Waals surface area (Å²) in [5.74, 6) is 0.452. The Morgan fingerprint density at radius 3 is 2.60 bits per heavy atom. The number of ether oxygens (including phenoxy) is 1. The number of ketones is 1. The molecular formula is C17H25FO2. The summed E-state index contributed by atoms with van der Waals surface area (Å²) in [6.45, 7) is 8.07. The molecule has 0 aliphatic carbocycles. The van der Waals surface area contributed by atoms with Gasteiger partial charge in [0, 0.05) is 12.3 Å². The highest BCUT2D eigenvalue weighted by Crippen LogP contribution is 2.24. The predicted molar refractivity (Wildman–Crippen MR) is 79.7 cm³/mol. The molecule has 2 nitrogen and oxygen atoms in total. The molecule has 0 aliphatic heterocycles. The van der Waals surface area contributed by atoms with E-state index in [2.05, 4.69) is 0 Å². The quantitative estimate of drug-likeness (QED) is 0.657. The van der Waals surface area contributed by atoms with Crippen molar-refractivity contribution in [1.82, 2.24) is 0 Å². The Labute approximate surface area is 121 Å². The molecule has 0 unspecified atom stereocenters. The van der Waals surface area contributed by atoms with Crippen molar-refractivity contribution in [1.29, 1.82) is 0 Å². The van der Waals surface area contributed by atoms with Gasteiger partial charge >= 0.3 is 0 Å². The van der Waals surface area contributed by atoms with Gasteiger partial charge in [-0.15, -0.1) is 0 Å². The molecule has 1 rings (SSSR count). The minimum Gasteiger partial charge on any atom is -0.491 e. The molecule has 0 amide bonds. The van der Waals surface area contributed by atoms with Gasteiger partial charge in [0.2, 0.25) is 0 Å². The lowest BCUT2D eigenvalue weighted by Gasteiger charge is -2.11. The monoisotopic (exact) mass is 280 g/mol. The summed E-state index contributed by atoms with van der Waals surface area (Å²) in [5.41, 5.74) is 1.69. The second-order valence-electron chi connectivity index (χ2n) is 5.50. The Morgan fingerprint density at radius 1 is 1.30 bits per heavy atom. The summed E-state index contributed by atoms with van der Waals surface area (Å²) in [5, 5.41) is 0. The van der Waals surface area contributed by atoms with Crippen molar-refractivity contribution in [3.8, 4) is 5.75 Å². The number of carbonyl (C=O) groups excluding carboxylic acids is 1. The van der Waals surface area contributed by atoms with Crippen LogP contribution in [-0.2, 0) is 11.2 Å². The summed E-state index contributed by atoms with van der Waals surface area (Å²) < 4.78 is 19.5. The SMILES string of the molecule is CCOc1cc(C)cc(CCCCC(=O)C(C)C)c1F. The second kappa shape index (κ2) is 8.03. The summed E-state index contributed by atoms with van der Waals surface area (Å²) in [7, 11) is 0. The molecule has 1 aromatic rings. The van der Waals surface area contributed by atoms with Gasteiger partial charge in [-0.2, -0.15) is 0 Å². The average molecular weight is 280 g/mol. The lowest BCUT2D eigenvalue weighted by molar-refractivity contribution is -0.122. The molecule has 0 aliphatic rings. The van der Waals surface area contributed by atoms with Crippen molar-refractivity contribution in [2.75, 3.05) is 6.61 Å². The summed E-state index contributed by atoms with van der Waals surface area (Å²) in [4.78, 5) is 11.5. The van der Waals surface area contributed by atoms with Gasteiger partial charge in [0.05, 0.1) is 6.61 Å². The van der Waals surface area contributed by atoms with E-state index in [1.807, 2.05) is 33.8 Å². The van der Waals surface area contributed by atoms with Crippen LogP contribution in [0, 0.1) is 18.7 Å². The van der Waals surface area contributed by atoms with Crippen molar-refractivity contribution in [2.24, 2.45) is 5.92 Å². The van der Waals surface area contributed by atoms with Crippen LogP contribution in [-0.4, -0.2) is 12.4 Å². The largest absolute Gasteiger partial charge is 0.491 e. The van der Waals surface area contributed by atoms with E-state index in [9.17, 15) is 9.18 Å². The number of benzene rings is 1. The number of hydrogen-bond donors (Lipinski definition) is 0. The third kappa shape index (κ3) is 4.95. The van der Waals surface area contributed by atoms with Crippen LogP contribution in [0.5, 0.6) is 5.75 Å². The first-order valence-corrected chi connectivity index (χ1v) is 7.40. The molecule has 3 heteroatoms. The summed E-state index contributed by atoms with van der Waals surface area (Å²) in [6, 6.07) is 3.59. The highest BCUT2D eigenvalue weighted by atomic mass is 19.1. The van der Waals surface area contributed by atoms with Crippen molar-refractivity contribution in [3.05, 3.63) is 29.1 Å². The van der Waals surface area contributed by atoms with Crippen molar-refractivity contribution in [2.45, 2.75) is 53.4 Å². The van der Waals surface area contributed by atoms with Crippen molar-refractivity contribution < 1.29 is 13.9 Å². The van der Waals surface area contributed by atoms with Gasteiger partial charge in [-0.05, 0) is 50.3 Å². The fraction of sp³-hybridized carbons (Fsp3) is 0.588. The first-order chi connectivity index (χ1) is 9.45. The predicted octanol–water partition coefficient (Wildman–Crippen LogP) is 4.47. The van der Waals surface area contributed by atoms with Crippen LogP contribution in [0.15, 0.2) is 12.1 Å². The molecule has 0 spiro atoms. The number of Topliss-reactive ketones (excluding diaryl/α,β-unsaturated/α-hetero) is 1.